The van der Waals surface area contributed by atoms with Crippen LogP contribution >= 0.6 is 11.6 Å². The van der Waals surface area contributed by atoms with Crippen LogP contribution in [0.2, 0.25) is 5.02 Å². The average molecular weight is 266 g/mol. The molecule has 0 saturated heterocycles. The summed E-state index contributed by atoms with van der Waals surface area (Å²) in [4.78, 5) is 14.7. The van der Waals surface area contributed by atoms with Crippen LogP contribution in [0.4, 0.5) is 0 Å². The molecule has 96 valence electrons. The van der Waals surface area contributed by atoms with Crippen LogP contribution in [-0.4, -0.2) is 13.2 Å². The van der Waals surface area contributed by atoms with E-state index in [-0.39, 0.29) is 0 Å². The molecule has 1 aliphatic carbocycles. The van der Waals surface area contributed by atoms with Gasteiger partial charge in [-0.25, -0.2) is 4.79 Å². The Bertz CT molecular complexity index is 529. The van der Waals surface area contributed by atoms with E-state index < -0.39 is 5.54 Å². The van der Waals surface area contributed by atoms with Crippen molar-refractivity contribution in [3.63, 3.8) is 0 Å². The van der Waals surface area contributed by atoms with Gasteiger partial charge in [0.1, 0.15) is 11.3 Å². The van der Waals surface area contributed by atoms with Gasteiger partial charge in [0.25, 0.3) is 0 Å². The number of nitrogens with zero attached hydrogens (tertiary/aromatic N) is 1. The van der Waals surface area contributed by atoms with Gasteiger partial charge in [-0.15, -0.1) is 0 Å². The molecule has 1 aliphatic rings. The Balaban J connectivity index is 2.72. The van der Waals surface area contributed by atoms with Crippen molar-refractivity contribution in [1.29, 1.82) is 0 Å². The van der Waals surface area contributed by atoms with Crippen LogP contribution in [-0.2, 0) is 10.3 Å². The van der Waals surface area contributed by atoms with E-state index in [4.69, 9.17) is 16.3 Å². The minimum Gasteiger partial charge on any atom is -0.495 e. The van der Waals surface area contributed by atoms with E-state index >= 15 is 0 Å². The minimum atomic E-state index is -0.479. The fourth-order valence-electron chi connectivity index (χ4n) is 2.63. The summed E-state index contributed by atoms with van der Waals surface area (Å²) in [6, 6.07) is 1.89. The number of hydrogen-bond acceptors (Lipinski definition) is 3. The highest BCUT2D eigenvalue weighted by atomic mass is 35.5. The molecule has 0 aliphatic heterocycles. The predicted octanol–water partition coefficient (Wildman–Crippen LogP) is 3.68. The van der Waals surface area contributed by atoms with Crippen LogP contribution in [0.25, 0.3) is 0 Å². The van der Waals surface area contributed by atoms with Gasteiger partial charge in [-0.05, 0) is 50.3 Å². The van der Waals surface area contributed by atoms with Crippen molar-refractivity contribution in [3.8, 4) is 5.75 Å². The molecule has 0 atom stereocenters. The number of methoxy groups -OCH3 is 1. The second-order valence-corrected chi connectivity index (χ2v) is 5.20. The molecule has 0 heterocycles. The number of ether oxygens (including phenoxy) is 1. The number of rotatable bonds is 3. The molecule has 0 aromatic heterocycles. The Hall–Kier alpha value is -1.31. The highest BCUT2D eigenvalue weighted by molar-refractivity contribution is 6.32. The molecule has 1 aromatic rings. The van der Waals surface area contributed by atoms with Crippen molar-refractivity contribution in [2.45, 2.75) is 38.6 Å². The Kier molecular flexibility index (Phi) is 3.47. The van der Waals surface area contributed by atoms with Gasteiger partial charge in [-0.3, -0.25) is 0 Å². The summed E-state index contributed by atoms with van der Waals surface area (Å²) < 4.78 is 5.42. The second kappa shape index (κ2) is 4.75. The third kappa shape index (κ3) is 1.84. The second-order valence-electron chi connectivity index (χ2n) is 4.80. The summed E-state index contributed by atoms with van der Waals surface area (Å²) in [5.74, 6) is 0.637. The third-order valence-electron chi connectivity index (χ3n) is 3.86. The molecule has 0 unspecified atom stereocenters. The van der Waals surface area contributed by atoms with Gasteiger partial charge >= 0.3 is 0 Å². The molecule has 4 heteroatoms. The standard InChI is InChI=1S/C14H16ClNO2/c1-9-7-11(15)13(18-3)12(10(9)2)14(16-8-17)5-4-6-14/h7H,4-6H2,1-3H3. The van der Waals surface area contributed by atoms with E-state index in [0.29, 0.717) is 10.8 Å². The van der Waals surface area contributed by atoms with Crippen molar-refractivity contribution in [1.82, 2.24) is 0 Å². The maximum Gasteiger partial charge on any atom is 0.235 e. The summed E-state index contributed by atoms with van der Waals surface area (Å²) in [5.41, 5.74) is 2.65. The maximum atomic E-state index is 10.7. The van der Waals surface area contributed by atoms with Crippen molar-refractivity contribution in [3.05, 3.63) is 27.8 Å². The molecular weight excluding hydrogens is 250 g/mol. The number of halogens is 1. The van der Waals surface area contributed by atoms with Crippen LogP contribution in [0.3, 0.4) is 0 Å². The van der Waals surface area contributed by atoms with E-state index in [9.17, 15) is 4.79 Å². The van der Waals surface area contributed by atoms with Crippen LogP contribution in [0, 0.1) is 13.8 Å². The zero-order chi connectivity index (χ0) is 13.3. The fraction of sp³-hybridized carbons (Fsp3) is 0.500. The summed E-state index contributed by atoms with van der Waals surface area (Å²) >= 11 is 6.23. The van der Waals surface area contributed by atoms with Crippen molar-refractivity contribution >= 4 is 17.7 Å². The lowest BCUT2D eigenvalue weighted by Crippen LogP contribution is -2.33. The minimum absolute atomic E-state index is 0.479. The zero-order valence-electron chi connectivity index (χ0n) is 10.8. The van der Waals surface area contributed by atoms with Crippen molar-refractivity contribution in [2.24, 2.45) is 4.99 Å². The van der Waals surface area contributed by atoms with E-state index in [0.717, 1.165) is 36.0 Å². The molecule has 2 rings (SSSR count). The summed E-state index contributed by atoms with van der Waals surface area (Å²) in [6.45, 7) is 4.02. The monoisotopic (exact) mass is 265 g/mol. The topological polar surface area (TPSA) is 38.7 Å². The van der Waals surface area contributed by atoms with E-state index in [2.05, 4.69) is 4.99 Å². The predicted molar refractivity (Wildman–Crippen MR) is 71.1 cm³/mol. The van der Waals surface area contributed by atoms with Gasteiger partial charge in [0.05, 0.1) is 12.1 Å². The first kappa shape index (κ1) is 13.1. The third-order valence-corrected chi connectivity index (χ3v) is 4.14. The summed E-state index contributed by atoms with van der Waals surface area (Å²) in [6.07, 6.45) is 4.45. The lowest BCUT2D eigenvalue weighted by Gasteiger charge is -2.39. The smallest absolute Gasteiger partial charge is 0.235 e. The number of hydrogen-bond donors (Lipinski definition) is 0. The number of aliphatic imine (C=N–C) groups is 1. The highest BCUT2D eigenvalue weighted by Crippen LogP contribution is 2.51. The molecule has 1 fully saturated rings. The Morgan fingerprint density at radius 3 is 2.56 bits per heavy atom. The normalized spacial score (nSPS) is 16.7. The Morgan fingerprint density at radius 2 is 2.11 bits per heavy atom. The first-order valence-electron chi connectivity index (χ1n) is 5.99. The summed E-state index contributed by atoms with van der Waals surface area (Å²) in [5, 5.41) is 0.572. The largest absolute Gasteiger partial charge is 0.495 e. The molecule has 0 radical (unpaired) electrons. The van der Waals surface area contributed by atoms with Crippen LogP contribution in [0.5, 0.6) is 5.75 Å². The fourth-order valence-corrected chi connectivity index (χ4v) is 2.96. The van der Waals surface area contributed by atoms with Crippen molar-refractivity contribution in [2.75, 3.05) is 7.11 Å². The average Bonchev–Trinajstić information content (AvgIpc) is 2.28. The van der Waals surface area contributed by atoms with Gasteiger partial charge in [0.15, 0.2) is 0 Å². The van der Waals surface area contributed by atoms with Gasteiger partial charge < -0.3 is 4.74 Å². The molecule has 18 heavy (non-hydrogen) atoms. The zero-order valence-corrected chi connectivity index (χ0v) is 11.6. The quantitative estimate of drug-likeness (QED) is 0.618. The molecule has 0 N–H and O–H groups in total. The number of isocyanates is 1. The van der Waals surface area contributed by atoms with Crippen molar-refractivity contribution < 1.29 is 9.53 Å². The first-order chi connectivity index (χ1) is 8.55. The van der Waals surface area contributed by atoms with Crippen LogP contribution < -0.4 is 4.74 Å². The Morgan fingerprint density at radius 1 is 1.44 bits per heavy atom. The maximum absolute atomic E-state index is 10.7. The molecule has 3 nitrogen and oxygen atoms in total. The van der Waals surface area contributed by atoms with E-state index in [1.54, 1.807) is 13.2 Å². The summed E-state index contributed by atoms with van der Waals surface area (Å²) in [7, 11) is 1.59. The Labute approximate surface area is 112 Å². The van der Waals surface area contributed by atoms with Gasteiger partial charge in [0, 0.05) is 5.56 Å². The SMILES string of the molecule is COc1c(Cl)cc(C)c(C)c1C1(N=C=O)CCC1. The molecule has 1 aromatic carbocycles. The number of aryl methyl sites for hydroxylation is 1. The van der Waals surface area contributed by atoms with Crippen LogP contribution in [0.15, 0.2) is 11.1 Å². The van der Waals surface area contributed by atoms with E-state index in [1.165, 1.54) is 0 Å². The number of carbonyl (C=O) groups excluding carboxylic acids is 1. The molecule has 0 spiro atoms. The van der Waals surface area contributed by atoms with Gasteiger partial charge in [0.2, 0.25) is 6.08 Å². The van der Waals surface area contributed by atoms with Gasteiger partial charge in [-0.1, -0.05) is 11.6 Å². The first-order valence-corrected chi connectivity index (χ1v) is 6.37. The lowest BCUT2D eigenvalue weighted by molar-refractivity contribution is 0.244. The molecule has 1 saturated carbocycles. The number of benzene rings is 1. The molecular formula is C14H16ClNO2. The lowest BCUT2D eigenvalue weighted by atomic mass is 9.70. The highest BCUT2D eigenvalue weighted by Gasteiger charge is 2.43. The molecule has 0 amide bonds. The van der Waals surface area contributed by atoms with Crippen LogP contribution in [0.1, 0.15) is 36.0 Å². The van der Waals surface area contributed by atoms with E-state index in [1.807, 2.05) is 19.9 Å². The molecule has 0 bridgehead atoms. The van der Waals surface area contributed by atoms with Gasteiger partial charge in [-0.2, -0.15) is 4.99 Å².